The van der Waals surface area contributed by atoms with Gasteiger partial charge in [-0.2, -0.15) is 0 Å². The number of hydrogen-bond acceptors (Lipinski definition) is 5. The smallest absolute Gasteiger partial charge is 0.245 e. The second kappa shape index (κ2) is 10.6. The van der Waals surface area contributed by atoms with E-state index in [9.17, 15) is 13.2 Å². The van der Waals surface area contributed by atoms with Crippen LogP contribution in [0, 0.1) is 0 Å². The summed E-state index contributed by atoms with van der Waals surface area (Å²) in [6, 6.07) is 23.5. The van der Waals surface area contributed by atoms with Gasteiger partial charge in [-0.15, -0.1) is 0 Å². The van der Waals surface area contributed by atoms with Crippen LogP contribution in [0.4, 0.5) is 17.1 Å². The lowest BCUT2D eigenvalue weighted by atomic mass is 10.1. The van der Waals surface area contributed by atoms with Gasteiger partial charge in [-0.1, -0.05) is 30.3 Å². The summed E-state index contributed by atoms with van der Waals surface area (Å²) >= 11 is 0. The number of amides is 1. The Bertz CT molecular complexity index is 1210. The lowest BCUT2D eigenvalue weighted by Gasteiger charge is -2.29. The Morgan fingerprint density at radius 1 is 0.912 bits per heavy atom. The van der Waals surface area contributed by atoms with Gasteiger partial charge in [-0.05, 0) is 67.8 Å². The molecule has 178 valence electrons. The molecule has 0 aromatic heterocycles. The Morgan fingerprint density at radius 3 is 2.24 bits per heavy atom. The van der Waals surface area contributed by atoms with Crippen molar-refractivity contribution in [1.29, 1.82) is 0 Å². The molecule has 3 aromatic rings. The van der Waals surface area contributed by atoms with Crippen LogP contribution in [-0.2, 0) is 14.8 Å². The first-order valence-electron chi connectivity index (χ1n) is 11.3. The van der Waals surface area contributed by atoms with Crippen molar-refractivity contribution in [3.63, 3.8) is 0 Å². The van der Waals surface area contributed by atoms with Crippen LogP contribution in [0.2, 0.25) is 0 Å². The number of rotatable bonds is 8. The summed E-state index contributed by atoms with van der Waals surface area (Å²) in [5, 5.41) is 2.81. The number of sulfonamides is 1. The lowest BCUT2D eigenvalue weighted by molar-refractivity contribution is -0.114. The molecule has 0 radical (unpaired) electrons. The predicted molar refractivity (Wildman–Crippen MR) is 136 cm³/mol. The van der Waals surface area contributed by atoms with Crippen molar-refractivity contribution in [2.75, 3.05) is 40.4 Å². The minimum atomic E-state index is -3.76. The maximum absolute atomic E-state index is 12.8. The fraction of sp³-hybridized carbons (Fsp3) is 0.269. The zero-order valence-corrected chi connectivity index (χ0v) is 20.0. The molecule has 1 aliphatic heterocycles. The molecule has 1 amide bonds. The van der Waals surface area contributed by atoms with Crippen LogP contribution >= 0.6 is 0 Å². The highest BCUT2D eigenvalue weighted by atomic mass is 32.2. The first-order chi connectivity index (χ1) is 16.4. The molecule has 3 aromatic carbocycles. The van der Waals surface area contributed by atoms with Crippen LogP contribution < -0.4 is 19.3 Å². The normalized spacial score (nSPS) is 13.9. The van der Waals surface area contributed by atoms with Gasteiger partial charge in [0.05, 0.1) is 11.9 Å². The molecule has 1 N–H and O–H groups in total. The molecule has 0 atom stereocenters. The summed E-state index contributed by atoms with van der Waals surface area (Å²) in [5.41, 5.74) is 2.04. The van der Waals surface area contributed by atoms with E-state index in [1.54, 1.807) is 36.4 Å². The molecule has 4 rings (SSSR count). The van der Waals surface area contributed by atoms with E-state index < -0.39 is 15.9 Å². The summed E-state index contributed by atoms with van der Waals surface area (Å²) < 4.78 is 32.2. The number of piperidine rings is 1. The summed E-state index contributed by atoms with van der Waals surface area (Å²) in [5.74, 6) is 0.477. The molecule has 0 unspecified atom stereocenters. The summed E-state index contributed by atoms with van der Waals surface area (Å²) in [6.45, 7) is 1.71. The minimum Gasteiger partial charge on any atom is -0.455 e. The quantitative estimate of drug-likeness (QED) is 0.499. The number of carbonyl (C=O) groups is 1. The monoisotopic (exact) mass is 479 g/mol. The Labute approximate surface area is 201 Å². The van der Waals surface area contributed by atoms with Gasteiger partial charge >= 0.3 is 0 Å². The molecule has 1 aliphatic rings. The molecule has 34 heavy (non-hydrogen) atoms. The van der Waals surface area contributed by atoms with E-state index >= 15 is 0 Å². The standard InChI is InChI=1S/C26H29N3O4S/c1-34(31,32)29(24-12-6-7-13-25(24)33-23-10-4-2-5-11-23)20-26(30)27-21-14-16-22(17-15-21)28-18-8-3-9-19-28/h2,4-7,10-17H,3,8-9,18-20H2,1H3,(H,27,30). The van der Waals surface area contributed by atoms with Gasteiger partial charge in [-0.25, -0.2) is 8.42 Å². The first-order valence-corrected chi connectivity index (χ1v) is 13.2. The number of ether oxygens (including phenoxy) is 1. The SMILES string of the molecule is CS(=O)(=O)N(CC(=O)Nc1ccc(N2CCCCC2)cc1)c1ccccc1Oc1ccccc1. The van der Waals surface area contributed by atoms with E-state index in [-0.39, 0.29) is 6.54 Å². The maximum atomic E-state index is 12.8. The van der Waals surface area contributed by atoms with Crippen LogP contribution in [0.1, 0.15) is 19.3 Å². The topological polar surface area (TPSA) is 79.0 Å². The molecule has 7 nitrogen and oxygen atoms in total. The molecule has 0 bridgehead atoms. The molecule has 1 heterocycles. The Morgan fingerprint density at radius 2 is 1.56 bits per heavy atom. The lowest BCUT2D eigenvalue weighted by Crippen LogP contribution is -2.37. The highest BCUT2D eigenvalue weighted by Crippen LogP contribution is 2.33. The molecule has 1 fully saturated rings. The van der Waals surface area contributed by atoms with Gasteiger partial charge in [0.25, 0.3) is 0 Å². The molecule has 0 saturated carbocycles. The van der Waals surface area contributed by atoms with E-state index in [0.717, 1.165) is 29.3 Å². The molecule has 8 heteroatoms. The number of hydrogen-bond donors (Lipinski definition) is 1. The zero-order chi connectivity index (χ0) is 24.0. The number of nitrogens with one attached hydrogen (secondary N) is 1. The second-order valence-corrected chi connectivity index (χ2v) is 10.2. The van der Waals surface area contributed by atoms with E-state index in [0.29, 0.717) is 22.9 Å². The molecule has 1 saturated heterocycles. The van der Waals surface area contributed by atoms with Gasteiger partial charge in [0.1, 0.15) is 12.3 Å². The summed E-state index contributed by atoms with van der Waals surface area (Å²) in [4.78, 5) is 15.2. The minimum absolute atomic E-state index is 0.296. The average molecular weight is 480 g/mol. The van der Waals surface area contributed by atoms with E-state index in [1.807, 2.05) is 42.5 Å². The Kier molecular flexibility index (Phi) is 7.37. The first kappa shape index (κ1) is 23.6. The molecular formula is C26H29N3O4S. The van der Waals surface area contributed by atoms with Gasteiger partial charge < -0.3 is 15.0 Å². The molecular weight excluding hydrogens is 450 g/mol. The van der Waals surface area contributed by atoms with Gasteiger partial charge in [0.2, 0.25) is 15.9 Å². The van der Waals surface area contributed by atoms with Crippen molar-refractivity contribution in [3.05, 3.63) is 78.9 Å². The molecule has 0 aliphatic carbocycles. The third-order valence-corrected chi connectivity index (χ3v) is 6.79. The third kappa shape index (κ3) is 6.08. The Hall–Kier alpha value is -3.52. The van der Waals surface area contributed by atoms with Crippen molar-refractivity contribution >= 4 is 33.0 Å². The number of carbonyl (C=O) groups excluding carboxylic acids is 1. The van der Waals surface area contributed by atoms with Gasteiger partial charge in [0.15, 0.2) is 5.75 Å². The van der Waals surface area contributed by atoms with Crippen molar-refractivity contribution < 1.29 is 17.9 Å². The fourth-order valence-electron chi connectivity index (χ4n) is 3.98. The zero-order valence-electron chi connectivity index (χ0n) is 19.2. The van der Waals surface area contributed by atoms with E-state index in [4.69, 9.17) is 4.74 Å². The van der Waals surface area contributed by atoms with Gasteiger partial charge in [0, 0.05) is 24.5 Å². The summed E-state index contributed by atoms with van der Waals surface area (Å²) in [7, 11) is -3.76. The molecule has 0 spiro atoms. The van der Waals surface area contributed by atoms with Crippen LogP contribution in [0.25, 0.3) is 0 Å². The summed E-state index contributed by atoms with van der Waals surface area (Å²) in [6.07, 6.45) is 4.72. The number of benzene rings is 3. The van der Waals surface area contributed by atoms with E-state index in [1.165, 1.54) is 19.3 Å². The second-order valence-electron chi connectivity index (χ2n) is 8.30. The van der Waals surface area contributed by atoms with Crippen molar-refractivity contribution in [1.82, 2.24) is 0 Å². The third-order valence-electron chi connectivity index (χ3n) is 5.66. The Balaban J connectivity index is 1.49. The predicted octanol–water partition coefficient (Wildman–Crippen LogP) is 4.87. The van der Waals surface area contributed by atoms with Crippen LogP contribution in [0.3, 0.4) is 0 Å². The highest BCUT2D eigenvalue weighted by Gasteiger charge is 2.24. The maximum Gasteiger partial charge on any atom is 0.245 e. The fourth-order valence-corrected chi connectivity index (χ4v) is 4.84. The average Bonchev–Trinajstić information content (AvgIpc) is 2.84. The number of para-hydroxylation sites is 3. The van der Waals surface area contributed by atoms with Crippen LogP contribution in [0.5, 0.6) is 11.5 Å². The van der Waals surface area contributed by atoms with Crippen molar-refractivity contribution in [2.24, 2.45) is 0 Å². The largest absolute Gasteiger partial charge is 0.455 e. The van der Waals surface area contributed by atoms with Gasteiger partial charge in [-0.3, -0.25) is 9.10 Å². The van der Waals surface area contributed by atoms with E-state index in [2.05, 4.69) is 10.2 Å². The number of anilines is 3. The highest BCUT2D eigenvalue weighted by molar-refractivity contribution is 7.92. The number of nitrogens with zero attached hydrogens (tertiary/aromatic N) is 2. The van der Waals surface area contributed by atoms with Crippen molar-refractivity contribution in [2.45, 2.75) is 19.3 Å². The van der Waals surface area contributed by atoms with Crippen molar-refractivity contribution in [3.8, 4) is 11.5 Å². The van der Waals surface area contributed by atoms with Crippen LogP contribution in [-0.4, -0.2) is 40.2 Å². The van der Waals surface area contributed by atoms with Crippen LogP contribution in [0.15, 0.2) is 78.9 Å².